The second-order valence-electron chi connectivity index (χ2n) is 8.54. The number of hydrogen-bond acceptors (Lipinski definition) is 5. The molecule has 4 aromatic carbocycles. The number of ether oxygens (including phenoxy) is 1. The van der Waals surface area contributed by atoms with E-state index in [-0.39, 0.29) is 16.9 Å². The van der Waals surface area contributed by atoms with Crippen molar-refractivity contribution in [1.82, 2.24) is 5.32 Å². The zero-order chi connectivity index (χ0) is 28.5. The summed E-state index contributed by atoms with van der Waals surface area (Å²) in [6.45, 7) is 0. The summed E-state index contributed by atoms with van der Waals surface area (Å²) in [7, 11) is 1.54. The molecule has 4 rings (SSSR count). The molecule has 0 spiro atoms. The number of anilines is 3. The minimum absolute atomic E-state index is 0.221. The van der Waals surface area contributed by atoms with Crippen molar-refractivity contribution in [3.8, 4) is 5.75 Å². The van der Waals surface area contributed by atoms with Crippen LogP contribution in [-0.2, 0) is 4.79 Å². The van der Waals surface area contributed by atoms with E-state index < -0.39 is 29.9 Å². The molecule has 202 valence electrons. The quantitative estimate of drug-likeness (QED) is 0.199. The second-order valence-corrected chi connectivity index (χ2v) is 8.54. The molecule has 0 heterocycles. The molecule has 10 heteroatoms. The van der Waals surface area contributed by atoms with E-state index in [1.165, 1.54) is 18.2 Å². The molecule has 0 aliphatic rings. The first-order valence-electron chi connectivity index (χ1n) is 12.1. The number of carbonyl (C=O) groups excluding carboxylic acids is 3. The first-order chi connectivity index (χ1) is 19.3. The summed E-state index contributed by atoms with van der Waals surface area (Å²) in [5.41, 5.74) is 2.10. The Bertz CT molecular complexity index is 1510. The average Bonchev–Trinajstić information content (AvgIpc) is 2.97. The van der Waals surface area contributed by atoms with Crippen molar-refractivity contribution in [3.63, 3.8) is 0 Å². The van der Waals surface area contributed by atoms with Gasteiger partial charge in [0.25, 0.3) is 17.7 Å². The second kappa shape index (κ2) is 12.7. The van der Waals surface area contributed by atoms with Crippen molar-refractivity contribution < 1.29 is 29.0 Å². The Balaban J connectivity index is 1.55. The van der Waals surface area contributed by atoms with Crippen LogP contribution < -0.4 is 26.0 Å². The standard InChI is InChI=1S/C30H26N4O6/c1-40-23-17-15-22(16-18-23)31-29(37)26(34-28(36)20-7-3-2-4-8-20)19-11-13-21(14-12-19)27(35)32-24-9-5-6-10-25(24)33-30(38)39/h2-18,26,33H,1H3,(H,31,37)(H,32,35)(H,34,36)(H,38,39). The third kappa shape index (κ3) is 7.01. The first kappa shape index (κ1) is 27.4. The van der Waals surface area contributed by atoms with Crippen molar-refractivity contribution in [2.45, 2.75) is 6.04 Å². The third-order valence-electron chi connectivity index (χ3n) is 5.85. The van der Waals surface area contributed by atoms with E-state index in [1.54, 1.807) is 92.0 Å². The van der Waals surface area contributed by atoms with Gasteiger partial charge in [0.2, 0.25) is 0 Å². The Morgan fingerprint density at radius 2 is 1.23 bits per heavy atom. The van der Waals surface area contributed by atoms with Gasteiger partial charge in [0.05, 0.1) is 18.5 Å². The average molecular weight is 539 g/mol. The molecule has 4 amide bonds. The number of hydrogen-bond donors (Lipinski definition) is 5. The molecule has 40 heavy (non-hydrogen) atoms. The van der Waals surface area contributed by atoms with Gasteiger partial charge in [0.1, 0.15) is 11.8 Å². The highest BCUT2D eigenvalue weighted by atomic mass is 16.5. The highest BCUT2D eigenvalue weighted by Gasteiger charge is 2.24. The fourth-order valence-electron chi connectivity index (χ4n) is 3.83. The van der Waals surface area contributed by atoms with Gasteiger partial charge in [0.15, 0.2) is 0 Å². The molecule has 4 aromatic rings. The summed E-state index contributed by atoms with van der Waals surface area (Å²) in [4.78, 5) is 50.2. The summed E-state index contributed by atoms with van der Waals surface area (Å²) in [5.74, 6) is -0.791. The number of methoxy groups -OCH3 is 1. The summed E-state index contributed by atoms with van der Waals surface area (Å²) >= 11 is 0. The van der Waals surface area contributed by atoms with Gasteiger partial charge in [-0.15, -0.1) is 0 Å². The Morgan fingerprint density at radius 1 is 0.650 bits per heavy atom. The van der Waals surface area contributed by atoms with Gasteiger partial charge in [0, 0.05) is 16.8 Å². The van der Waals surface area contributed by atoms with E-state index in [9.17, 15) is 19.2 Å². The van der Waals surface area contributed by atoms with Crippen molar-refractivity contribution in [2.75, 3.05) is 23.1 Å². The fourth-order valence-corrected chi connectivity index (χ4v) is 3.83. The zero-order valence-corrected chi connectivity index (χ0v) is 21.4. The van der Waals surface area contributed by atoms with Crippen LogP contribution in [0, 0.1) is 0 Å². The molecule has 0 saturated carbocycles. The van der Waals surface area contributed by atoms with Crippen molar-refractivity contribution in [2.24, 2.45) is 0 Å². The van der Waals surface area contributed by atoms with Gasteiger partial charge in [-0.2, -0.15) is 0 Å². The maximum absolute atomic E-state index is 13.3. The summed E-state index contributed by atoms with van der Waals surface area (Å²) < 4.78 is 5.15. The predicted octanol–water partition coefficient (Wildman–Crippen LogP) is 5.15. The molecule has 0 saturated heterocycles. The number of benzene rings is 4. The minimum Gasteiger partial charge on any atom is -0.497 e. The number of amides is 4. The van der Waals surface area contributed by atoms with Crippen LogP contribution in [0.1, 0.15) is 32.3 Å². The van der Waals surface area contributed by atoms with Gasteiger partial charge in [-0.1, -0.05) is 42.5 Å². The Hall–Kier alpha value is -5.64. The van der Waals surface area contributed by atoms with E-state index in [4.69, 9.17) is 9.84 Å². The van der Waals surface area contributed by atoms with Gasteiger partial charge >= 0.3 is 6.09 Å². The van der Waals surface area contributed by atoms with Crippen LogP contribution in [0.2, 0.25) is 0 Å². The molecule has 0 aliphatic carbocycles. The van der Waals surface area contributed by atoms with Crippen LogP contribution in [0.5, 0.6) is 5.75 Å². The molecular weight excluding hydrogens is 512 g/mol. The van der Waals surface area contributed by atoms with Gasteiger partial charge < -0.3 is 25.8 Å². The SMILES string of the molecule is COc1ccc(NC(=O)C(NC(=O)c2ccccc2)c2ccc(C(=O)Nc3ccccc3NC(=O)O)cc2)cc1. The largest absolute Gasteiger partial charge is 0.497 e. The lowest BCUT2D eigenvalue weighted by Gasteiger charge is -2.20. The summed E-state index contributed by atoms with van der Waals surface area (Å²) in [6, 6.07) is 26.7. The predicted molar refractivity (Wildman–Crippen MR) is 151 cm³/mol. The van der Waals surface area contributed by atoms with Crippen LogP contribution in [0.15, 0.2) is 103 Å². The molecule has 0 radical (unpaired) electrons. The lowest BCUT2D eigenvalue weighted by atomic mass is 10.0. The molecule has 0 fully saturated rings. The molecule has 1 atom stereocenters. The van der Waals surface area contributed by atoms with E-state index in [0.717, 1.165) is 0 Å². The fraction of sp³-hybridized carbons (Fsp3) is 0.0667. The molecular formula is C30H26N4O6. The van der Waals surface area contributed by atoms with Crippen LogP contribution in [0.25, 0.3) is 0 Å². The molecule has 1 unspecified atom stereocenters. The normalized spacial score (nSPS) is 11.0. The molecule has 0 aliphatic heterocycles. The summed E-state index contributed by atoms with van der Waals surface area (Å²) in [6.07, 6.45) is -1.26. The zero-order valence-electron chi connectivity index (χ0n) is 21.4. The number of carboxylic acid groups (broad SMARTS) is 1. The van der Waals surface area contributed by atoms with Crippen molar-refractivity contribution in [1.29, 1.82) is 0 Å². The lowest BCUT2D eigenvalue weighted by molar-refractivity contribution is -0.118. The van der Waals surface area contributed by atoms with E-state index in [2.05, 4.69) is 21.3 Å². The maximum Gasteiger partial charge on any atom is 0.409 e. The third-order valence-corrected chi connectivity index (χ3v) is 5.85. The first-order valence-corrected chi connectivity index (χ1v) is 12.1. The Labute approximate surface area is 230 Å². The number of carbonyl (C=O) groups is 4. The van der Waals surface area contributed by atoms with Crippen molar-refractivity contribution >= 4 is 40.9 Å². The van der Waals surface area contributed by atoms with Crippen LogP contribution in [-0.4, -0.2) is 36.0 Å². The highest BCUT2D eigenvalue weighted by Crippen LogP contribution is 2.23. The van der Waals surface area contributed by atoms with Crippen LogP contribution >= 0.6 is 0 Å². The topological polar surface area (TPSA) is 146 Å². The van der Waals surface area contributed by atoms with Gasteiger partial charge in [-0.25, -0.2) is 4.79 Å². The maximum atomic E-state index is 13.3. The Morgan fingerprint density at radius 3 is 1.82 bits per heavy atom. The van der Waals surface area contributed by atoms with E-state index in [0.29, 0.717) is 22.6 Å². The highest BCUT2D eigenvalue weighted by molar-refractivity contribution is 6.07. The number of nitrogens with one attached hydrogen (secondary N) is 4. The number of rotatable bonds is 9. The lowest BCUT2D eigenvalue weighted by Crippen LogP contribution is -2.37. The van der Waals surface area contributed by atoms with Gasteiger partial charge in [-0.3, -0.25) is 19.7 Å². The molecule has 0 bridgehead atoms. The van der Waals surface area contributed by atoms with Crippen LogP contribution in [0.3, 0.4) is 0 Å². The monoisotopic (exact) mass is 538 g/mol. The molecule has 5 N–H and O–H groups in total. The molecule has 0 aromatic heterocycles. The summed E-state index contributed by atoms with van der Waals surface area (Å²) in [5, 5.41) is 19.5. The Kier molecular flexibility index (Phi) is 8.73. The smallest absolute Gasteiger partial charge is 0.409 e. The molecule has 10 nitrogen and oxygen atoms in total. The van der Waals surface area contributed by atoms with E-state index in [1.807, 2.05) is 0 Å². The van der Waals surface area contributed by atoms with Crippen molar-refractivity contribution in [3.05, 3.63) is 120 Å². The van der Waals surface area contributed by atoms with Crippen LogP contribution in [0.4, 0.5) is 21.9 Å². The van der Waals surface area contributed by atoms with E-state index >= 15 is 0 Å². The number of para-hydroxylation sites is 2. The minimum atomic E-state index is -1.26. The van der Waals surface area contributed by atoms with Gasteiger partial charge in [-0.05, 0) is 66.2 Å².